The van der Waals surface area contributed by atoms with E-state index in [9.17, 15) is 22.8 Å². The molecule has 174 valence electrons. The zero-order valence-electron chi connectivity index (χ0n) is 17.8. The van der Waals surface area contributed by atoms with Crippen LogP contribution in [0.15, 0.2) is 18.2 Å². The first kappa shape index (κ1) is 22.4. The van der Waals surface area contributed by atoms with Gasteiger partial charge < -0.3 is 20.9 Å². The summed E-state index contributed by atoms with van der Waals surface area (Å²) in [6, 6.07) is 3.96. The topological polar surface area (TPSA) is 91.3 Å². The third kappa shape index (κ3) is 4.98. The fourth-order valence-corrected chi connectivity index (χ4v) is 4.49. The van der Waals surface area contributed by atoms with Crippen LogP contribution in [0.5, 0.6) is 0 Å². The van der Waals surface area contributed by atoms with Crippen molar-refractivity contribution in [2.75, 3.05) is 31.5 Å². The van der Waals surface area contributed by atoms with E-state index in [2.05, 4.69) is 25.9 Å². The minimum absolute atomic E-state index is 0.0473. The van der Waals surface area contributed by atoms with Gasteiger partial charge in [0, 0.05) is 30.2 Å². The Morgan fingerprint density at radius 1 is 1.22 bits per heavy atom. The molecule has 11 heteroatoms. The number of carbonyl (C=O) groups excluding carboxylic acids is 2. The number of fused-ring (bicyclic) bond motifs is 4. The number of urea groups is 1. The number of halogens is 3. The van der Waals surface area contributed by atoms with Crippen molar-refractivity contribution in [3.63, 3.8) is 0 Å². The molecule has 5 rings (SSSR count). The SMILES string of the molecule is CCCNC(=O)Nc1ccc2c(c1)c(C(=O)NC1CN3CCC1CC3)nn2CC(F)(F)F. The number of rotatable bonds is 6. The van der Waals surface area contributed by atoms with Crippen LogP contribution in [-0.4, -0.2) is 65.0 Å². The van der Waals surface area contributed by atoms with Gasteiger partial charge >= 0.3 is 12.2 Å². The molecule has 2 aromatic rings. The monoisotopic (exact) mass is 452 g/mol. The van der Waals surface area contributed by atoms with Crippen LogP contribution in [0.3, 0.4) is 0 Å². The minimum Gasteiger partial charge on any atom is -0.346 e. The molecule has 0 spiro atoms. The van der Waals surface area contributed by atoms with Crippen LogP contribution >= 0.6 is 0 Å². The lowest BCUT2D eigenvalue weighted by atomic mass is 9.84. The van der Waals surface area contributed by atoms with Crippen molar-refractivity contribution in [2.24, 2.45) is 5.92 Å². The maximum Gasteiger partial charge on any atom is 0.408 e. The van der Waals surface area contributed by atoms with E-state index in [1.54, 1.807) is 0 Å². The van der Waals surface area contributed by atoms with Gasteiger partial charge in [-0.1, -0.05) is 6.92 Å². The summed E-state index contributed by atoms with van der Waals surface area (Å²) in [5.41, 5.74) is 0.480. The van der Waals surface area contributed by atoms with Gasteiger partial charge in [0.25, 0.3) is 5.91 Å². The number of amides is 3. The zero-order chi connectivity index (χ0) is 22.9. The van der Waals surface area contributed by atoms with Crippen molar-refractivity contribution in [1.82, 2.24) is 25.3 Å². The van der Waals surface area contributed by atoms with Gasteiger partial charge in [-0.25, -0.2) is 4.79 Å². The van der Waals surface area contributed by atoms with Crippen LogP contribution in [0.4, 0.5) is 23.7 Å². The average molecular weight is 452 g/mol. The van der Waals surface area contributed by atoms with Gasteiger partial charge in [-0.05, 0) is 56.5 Å². The number of anilines is 1. The van der Waals surface area contributed by atoms with Crippen LogP contribution in [0.1, 0.15) is 36.7 Å². The summed E-state index contributed by atoms with van der Waals surface area (Å²) in [4.78, 5) is 27.3. The fourth-order valence-electron chi connectivity index (χ4n) is 4.49. The lowest BCUT2D eigenvalue weighted by Gasteiger charge is -2.44. The van der Waals surface area contributed by atoms with Gasteiger partial charge in [-0.3, -0.25) is 9.48 Å². The van der Waals surface area contributed by atoms with E-state index in [-0.39, 0.29) is 22.6 Å². The van der Waals surface area contributed by atoms with Gasteiger partial charge in [0.05, 0.1) is 5.52 Å². The number of nitrogens with one attached hydrogen (secondary N) is 3. The Morgan fingerprint density at radius 2 is 1.97 bits per heavy atom. The molecule has 1 aromatic heterocycles. The molecule has 0 aliphatic carbocycles. The van der Waals surface area contributed by atoms with Crippen molar-refractivity contribution in [3.05, 3.63) is 23.9 Å². The molecule has 1 aromatic carbocycles. The maximum absolute atomic E-state index is 13.1. The highest BCUT2D eigenvalue weighted by molar-refractivity contribution is 6.06. The molecule has 32 heavy (non-hydrogen) atoms. The Balaban J connectivity index is 1.62. The Morgan fingerprint density at radius 3 is 2.59 bits per heavy atom. The maximum atomic E-state index is 13.1. The fraction of sp³-hybridized carbons (Fsp3) is 0.571. The molecule has 3 N–H and O–H groups in total. The number of hydrogen-bond donors (Lipinski definition) is 3. The molecule has 1 unspecified atom stereocenters. The van der Waals surface area contributed by atoms with E-state index in [4.69, 9.17) is 0 Å². The van der Waals surface area contributed by atoms with E-state index in [1.807, 2.05) is 6.92 Å². The third-order valence-electron chi connectivity index (χ3n) is 6.06. The molecule has 8 nitrogen and oxygen atoms in total. The van der Waals surface area contributed by atoms with E-state index in [1.165, 1.54) is 18.2 Å². The lowest BCUT2D eigenvalue weighted by molar-refractivity contribution is -0.141. The first-order valence-corrected chi connectivity index (χ1v) is 10.9. The summed E-state index contributed by atoms with van der Waals surface area (Å²) in [5.74, 6) is -0.130. The second kappa shape index (κ2) is 8.97. The second-order valence-electron chi connectivity index (χ2n) is 8.45. The van der Waals surface area contributed by atoms with Crippen molar-refractivity contribution in [1.29, 1.82) is 0 Å². The summed E-state index contributed by atoms with van der Waals surface area (Å²) in [7, 11) is 0. The molecule has 0 radical (unpaired) electrons. The van der Waals surface area contributed by atoms with E-state index in [0.29, 0.717) is 18.2 Å². The summed E-state index contributed by atoms with van der Waals surface area (Å²) >= 11 is 0. The molecular weight excluding hydrogens is 425 g/mol. The number of benzene rings is 1. The Kier molecular flexibility index (Phi) is 6.27. The van der Waals surface area contributed by atoms with Gasteiger partial charge in [-0.15, -0.1) is 0 Å². The normalized spacial score (nSPS) is 22.7. The third-order valence-corrected chi connectivity index (χ3v) is 6.06. The molecule has 3 fully saturated rings. The molecule has 3 saturated heterocycles. The molecule has 0 saturated carbocycles. The number of nitrogens with zero attached hydrogens (tertiary/aromatic N) is 3. The quantitative estimate of drug-likeness (QED) is 0.629. The molecule has 2 bridgehead atoms. The van der Waals surface area contributed by atoms with Crippen LogP contribution in [0.25, 0.3) is 10.9 Å². The van der Waals surface area contributed by atoms with Crippen LogP contribution in [0, 0.1) is 5.92 Å². The standard InChI is InChI=1S/C21H27F3N6O2/c1-2-7-25-20(32)26-14-3-4-17-15(10-14)18(28-30(17)12-21(22,23)24)19(31)27-16-11-29-8-5-13(16)6-9-29/h3-4,10,13,16H,2,5-9,11-12H2,1H3,(H,27,31)(H2,25,26,32). The van der Waals surface area contributed by atoms with E-state index >= 15 is 0 Å². The van der Waals surface area contributed by atoms with Crippen LogP contribution < -0.4 is 16.0 Å². The van der Waals surface area contributed by atoms with Crippen molar-refractivity contribution >= 4 is 28.5 Å². The average Bonchev–Trinajstić information content (AvgIpc) is 3.09. The highest BCUT2D eigenvalue weighted by atomic mass is 19.4. The lowest BCUT2D eigenvalue weighted by Crippen LogP contribution is -2.57. The first-order valence-electron chi connectivity index (χ1n) is 10.9. The molecular formula is C21H27F3N6O2. The van der Waals surface area contributed by atoms with Crippen LogP contribution in [-0.2, 0) is 6.54 Å². The summed E-state index contributed by atoms with van der Waals surface area (Å²) < 4.78 is 40.1. The van der Waals surface area contributed by atoms with Crippen molar-refractivity contribution < 1.29 is 22.8 Å². The van der Waals surface area contributed by atoms with Crippen molar-refractivity contribution in [2.45, 2.75) is 44.9 Å². The first-order chi connectivity index (χ1) is 15.2. The van der Waals surface area contributed by atoms with E-state index < -0.39 is 24.7 Å². The number of carbonyl (C=O) groups is 2. The van der Waals surface area contributed by atoms with Crippen LogP contribution in [0.2, 0.25) is 0 Å². The van der Waals surface area contributed by atoms with Gasteiger partial charge in [0.2, 0.25) is 0 Å². The summed E-state index contributed by atoms with van der Waals surface area (Å²) in [6.07, 6.45) is -1.73. The predicted octanol–water partition coefficient (Wildman–Crippen LogP) is 2.95. The largest absolute Gasteiger partial charge is 0.408 e. The minimum atomic E-state index is -4.49. The summed E-state index contributed by atoms with van der Waals surface area (Å²) in [6.45, 7) is 3.86. The van der Waals surface area contributed by atoms with Gasteiger partial charge in [-0.2, -0.15) is 18.3 Å². The number of aromatic nitrogens is 2. The van der Waals surface area contributed by atoms with Crippen molar-refractivity contribution in [3.8, 4) is 0 Å². The second-order valence-corrected chi connectivity index (χ2v) is 8.45. The number of alkyl halides is 3. The van der Waals surface area contributed by atoms with Gasteiger partial charge in [0.1, 0.15) is 6.54 Å². The summed E-state index contributed by atoms with van der Waals surface area (Å²) in [5, 5.41) is 12.6. The van der Waals surface area contributed by atoms with E-state index in [0.717, 1.165) is 43.6 Å². The number of hydrogen-bond acceptors (Lipinski definition) is 4. The molecule has 3 aliphatic heterocycles. The molecule has 4 heterocycles. The highest BCUT2D eigenvalue weighted by Gasteiger charge is 2.36. The molecule has 3 amide bonds. The number of piperidine rings is 3. The Bertz CT molecular complexity index is 997. The Labute approximate surface area is 183 Å². The zero-order valence-corrected chi connectivity index (χ0v) is 17.8. The van der Waals surface area contributed by atoms with Gasteiger partial charge in [0.15, 0.2) is 5.69 Å². The molecule has 1 atom stereocenters. The molecule has 3 aliphatic rings. The smallest absolute Gasteiger partial charge is 0.346 e. The predicted molar refractivity (Wildman–Crippen MR) is 114 cm³/mol. The highest BCUT2D eigenvalue weighted by Crippen LogP contribution is 2.29. The Hall–Kier alpha value is -2.82.